The van der Waals surface area contributed by atoms with Gasteiger partial charge in [-0.05, 0) is 23.4 Å². The molecule has 19 heavy (non-hydrogen) atoms. The van der Waals surface area contributed by atoms with E-state index in [9.17, 15) is 4.79 Å². The number of amides is 1. The number of hydrogen-bond donors (Lipinski definition) is 1. The van der Waals surface area contributed by atoms with Gasteiger partial charge in [0.2, 0.25) is 11.1 Å². The molecule has 0 fully saturated rings. The van der Waals surface area contributed by atoms with Crippen LogP contribution < -0.4 is 5.32 Å². The minimum absolute atomic E-state index is 0.0933. The summed E-state index contributed by atoms with van der Waals surface area (Å²) in [6, 6.07) is 1.83. The van der Waals surface area contributed by atoms with Crippen molar-refractivity contribution in [3.8, 4) is 0 Å². The predicted molar refractivity (Wildman–Crippen MR) is 68.1 cm³/mol. The van der Waals surface area contributed by atoms with Crippen LogP contribution in [0.4, 0.5) is 0 Å². The fourth-order valence-electron chi connectivity index (χ4n) is 1.32. The van der Waals surface area contributed by atoms with Crippen LogP contribution in [0, 0.1) is 6.92 Å². The Morgan fingerprint density at radius 1 is 1.47 bits per heavy atom. The highest BCUT2D eigenvalue weighted by Crippen LogP contribution is 2.11. The minimum atomic E-state index is -0.0933. The fraction of sp³-hybridized carbons (Fsp3) is 0.400. The third-order valence-corrected chi connectivity index (χ3v) is 3.25. The van der Waals surface area contributed by atoms with Gasteiger partial charge >= 0.3 is 0 Å². The van der Waals surface area contributed by atoms with Crippen LogP contribution in [0.5, 0.6) is 0 Å². The first-order valence-electron chi connectivity index (χ1n) is 5.54. The van der Waals surface area contributed by atoms with Crippen molar-refractivity contribution in [2.45, 2.75) is 18.6 Å². The van der Waals surface area contributed by atoms with Crippen molar-refractivity contribution >= 4 is 17.7 Å². The molecule has 0 bridgehead atoms. The highest BCUT2D eigenvalue weighted by atomic mass is 32.2. The van der Waals surface area contributed by atoms with Crippen LogP contribution in [-0.2, 0) is 18.4 Å². The second kappa shape index (κ2) is 6.23. The first kappa shape index (κ1) is 13.4. The Bertz CT molecular complexity index is 571. The summed E-state index contributed by atoms with van der Waals surface area (Å²) in [6.45, 7) is 2.27. The lowest BCUT2D eigenvalue weighted by atomic mass is 10.3. The van der Waals surface area contributed by atoms with Crippen LogP contribution in [0.15, 0.2) is 17.6 Å². The maximum absolute atomic E-state index is 11.7. The first-order chi connectivity index (χ1) is 9.15. The second-order valence-corrected chi connectivity index (χ2v) is 4.74. The van der Waals surface area contributed by atoms with Gasteiger partial charge in [-0.1, -0.05) is 11.8 Å². The fourth-order valence-corrected chi connectivity index (χ4v) is 2.00. The Labute approximate surface area is 114 Å². The van der Waals surface area contributed by atoms with E-state index in [2.05, 4.69) is 30.8 Å². The highest BCUT2D eigenvalue weighted by Gasteiger charge is 2.07. The van der Waals surface area contributed by atoms with E-state index in [-0.39, 0.29) is 11.7 Å². The number of carbonyl (C=O) groups is 1. The summed E-state index contributed by atoms with van der Waals surface area (Å²) >= 11 is 1.28. The van der Waals surface area contributed by atoms with E-state index >= 15 is 0 Å². The number of hydrogen-bond acceptors (Lipinski definition) is 7. The molecule has 0 aromatic carbocycles. The highest BCUT2D eigenvalue weighted by molar-refractivity contribution is 7.99. The van der Waals surface area contributed by atoms with Gasteiger partial charge < -0.3 is 5.32 Å². The monoisotopic (exact) mass is 279 g/mol. The molecule has 0 spiro atoms. The molecule has 0 aliphatic heterocycles. The van der Waals surface area contributed by atoms with Crippen molar-refractivity contribution in [1.82, 2.24) is 35.5 Å². The molecular formula is C10H13N7OS. The number of aryl methyl sites for hydroxylation is 2. The van der Waals surface area contributed by atoms with Crippen LogP contribution in [0.1, 0.15) is 11.4 Å². The quantitative estimate of drug-likeness (QED) is 0.751. The van der Waals surface area contributed by atoms with E-state index in [1.807, 2.05) is 13.0 Å². The van der Waals surface area contributed by atoms with Gasteiger partial charge in [-0.2, -0.15) is 0 Å². The summed E-state index contributed by atoms with van der Waals surface area (Å²) in [5.74, 6) is 0.169. The Morgan fingerprint density at radius 2 is 2.32 bits per heavy atom. The third-order valence-electron chi connectivity index (χ3n) is 2.24. The molecule has 0 atom stereocenters. The van der Waals surface area contributed by atoms with E-state index in [4.69, 9.17) is 0 Å². The standard InChI is InChI=1S/C10H13N7OS/c1-7-3-8(13-6-12-7)4-11-9(18)5-19-10-14-15-16-17(10)2/h3,6H,4-5H2,1-2H3,(H,11,18). The molecule has 0 aliphatic carbocycles. The Balaban J connectivity index is 1.77. The Morgan fingerprint density at radius 3 is 3.00 bits per heavy atom. The molecule has 0 unspecified atom stereocenters. The van der Waals surface area contributed by atoms with Gasteiger partial charge in [0.15, 0.2) is 0 Å². The summed E-state index contributed by atoms with van der Waals surface area (Å²) in [5.41, 5.74) is 1.66. The number of rotatable bonds is 5. The van der Waals surface area contributed by atoms with Gasteiger partial charge in [0.05, 0.1) is 18.0 Å². The number of nitrogens with zero attached hydrogens (tertiary/aromatic N) is 6. The van der Waals surface area contributed by atoms with E-state index in [0.29, 0.717) is 11.7 Å². The molecule has 8 nitrogen and oxygen atoms in total. The Hall–Kier alpha value is -2.03. The van der Waals surface area contributed by atoms with Crippen molar-refractivity contribution < 1.29 is 4.79 Å². The van der Waals surface area contributed by atoms with E-state index < -0.39 is 0 Å². The number of thioether (sulfide) groups is 1. The zero-order chi connectivity index (χ0) is 13.7. The SMILES string of the molecule is Cc1cc(CNC(=O)CSc2nnnn2C)ncn1. The maximum atomic E-state index is 11.7. The van der Waals surface area contributed by atoms with Gasteiger partial charge in [0.1, 0.15) is 6.33 Å². The second-order valence-electron chi connectivity index (χ2n) is 3.80. The molecule has 100 valence electrons. The normalized spacial score (nSPS) is 10.4. The molecule has 1 amide bonds. The lowest BCUT2D eigenvalue weighted by molar-refractivity contribution is -0.118. The average molecular weight is 279 g/mol. The molecule has 2 aromatic heterocycles. The molecule has 0 saturated carbocycles. The molecular weight excluding hydrogens is 266 g/mol. The summed E-state index contributed by atoms with van der Waals surface area (Å²) in [7, 11) is 1.73. The van der Waals surface area contributed by atoms with Crippen molar-refractivity contribution in [2.75, 3.05) is 5.75 Å². The van der Waals surface area contributed by atoms with Gasteiger partial charge in [-0.3, -0.25) is 4.79 Å². The largest absolute Gasteiger partial charge is 0.350 e. The van der Waals surface area contributed by atoms with Crippen LogP contribution >= 0.6 is 11.8 Å². The van der Waals surface area contributed by atoms with Crippen molar-refractivity contribution in [1.29, 1.82) is 0 Å². The van der Waals surface area contributed by atoms with E-state index in [0.717, 1.165) is 11.4 Å². The molecule has 0 saturated heterocycles. The summed E-state index contributed by atoms with van der Waals surface area (Å²) in [5, 5.41) is 14.3. The van der Waals surface area contributed by atoms with Crippen LogP contribution in [0.25, 0.3) is 0 Å². The summed E-state index contributed by atoms with van der Waals surface area (Å²) in [6.07, 6.45) is 1.48. The van der Waals surface area contributed by atoms with Gasteiger partial charge in [0, 0.05) is 12.7 Å². The number of aromatic nitrogens is 6. The zero-order valence-corrected chi connectivity index (χ0v) is 11.4. The molecule has 0 aliphatic rings. The number of tetrazole rings is 1. The Kier molecular flexibility index (Phi) is 4.39. The molecule has 1 N–H and O–H groups in total. The zero-order valence-electron chi connectivity index (χ0n) is 10.6. The van der Waals surface area contributed by atoms with Crippen molar-refractivity contribution in [3.05, 3.63) is 23.8 Å². The molecule has 2 heterocycles. The van der Waals surface area contributed by atoms with Gasteiger partial charge in [0.25, 0.3) is 0 Å². The maximum Gasteiger partial charge on any atom is 0.230 e. The van der Waals surface area contributed by atoms with Crippen molar-refractivity contribution in [3.63, 3.8) is 0 Å². The van der Waals surface area contributed by atoms with Crippen molar-refractivity contribution in [2.24, 2.45) is 7.05 Å². The predicted octanol–water partition coefficient (Wildman–Crippen LogP) is -0.283. The molecule has 2 aromatic rings. The van der Waals surface area contributed by atoms with Crippen LogP contribution in [-0.4, -0.2) is 41.8 Å². The summed E-state index contributed by atoms with van der Waals surface area (Å²) < 4.78 is 1.52. The minimum Gasteiger partial charge on any atom is -0.350 e. The average Bonchev–Trinajstić information content (AvgIpc) is 2.80. The third kappa shape index (κ3) is 3.98. The smallest absolute Gasteiger partial charge is 0.230 e. The summed E-state index contributed by atoms with van der Waals surface area (Å²) in [4.78, 5) is 19.7. The van der Waals surface area contributed by atoms with E-state index in [1.165, 1.54) is 22.8 Å². The topological polar surface area (TPSA) is 98.5 Å². The lowest BCUT2D eigenvalue weighted by Gasteiger charge is -2.04. The molecule has 0 radical (unpaired) electrons. The van der Waals surface area contributed by atoms with Crippen LogP contribution in [0.2, 0.25) is 0 Å². The number of nitrogens with one attached hydrogen (secondary N) is 1. The molecule has 9 heteroatoms. The van der Waals surface area contributed by atoms with Crippen LogP contribution in [0.3, 0.4) is 0 Å². The first-order valence-corrected chi connectivity index (χ1v) is 6.53. The van der Waals surface area contributed by atoms with Gasteiger partial charge in [-0.15, -0.1) is 5.10 Å². The molecule has 2 rings (SSSR count). The van der Waals surface area contributed by atoms with Gasteiger partial charge in [-0.25, -0.2) is 14.6 Å². The number of carbonyl (C=O) groups excluding carboxylic acids is 1. The van der Waals surface area contributed by atoms with E-state index in [1.54, 1.807) is 7.05 Å². The lowest BCUT2D eigenvalue weighted by Crippen LogP contribution is -2.25.